The van der Waals surface area contributed by atoms with Gasteiger partial charge in [0.15, 0.2) is 5.82 Å². The van der Waals surface area contributed by atoms with E-state index in [4.69, 9.17) is 5.73 Å². The summed E-state index contributed by atoms with van der Waals surface area (Å²) >= 11 is 0. The molecule has 2 N–H and O–H groups in total. The third-order valence-corrected chi connectivity index (χ3v) is 3.19. The Hall–Kier alpha value is -2.16. The van der Waals surface area contributed by atoms with E-state index in [2.05, 4.69) is 42.0 Å². The Morgan fingerprint density at radius 3 is 2.50 bits per heavy atom. The number of nitrogen functional groups attached to an aromatic ring is 1. The van der Waals surface area contributed by atoms with Crippen molar-refractivity contribution in [2.45, 2.75) is 19.8 Å². The number of anilines is 1. The second-order valence-corrected chi connectivity index (χ2v) is 4.80. The second kappa shape index (κ2) is 3.95. The van der Waals surface area contributed by atoms with E-state index in [-0.39, 0.29) is 0 Å². The number of benzene rings is 1. The lowest BCUT2D eigenvalue weighted by atomic mass is 10.1. The van der Waals surface area contributed by atoms with Crippen LogP contribution in [0.2, 0.25) is 0 Å². The van der Waals surface area contributed by atoms with E-state index in [1.54, 1.807) is 0 Å². The monoisotopic (exact) mass is 237 g/mol. The lowest BCUT2D eigenvalue weighted by molar-refractivity contribution is 0.830. The van der Waals surface area contributed by atoms with Gasteiger partial charge >= 0.3 is 0 Å². The van der Waals surface area contributed by atoms with Crippen LogP contribution in [0.25, 0.3) is 21.8 Å². The summed E-state index contributed by atoms with van der Waals surface area (Å²) in [6.45, 7) is 4.25. The highest BCUT2D eigenvalue weighted by molar-refractivity contribution is 6.07. The zero-order valence-electron chi connectivity index (χ0n) is 10.5. The highest BCUT2D eigenvalue weighted by Crippen LogP contribution is 2.27. The Morgan fingerprint density at radius 2 is 1.72 bits per heavy atom. The predicted molar refractivity (Wildman–Crippen MR) is 75.5 cm³/mol. The van der Waals surface area contributed by atoms with E-state index in [1.165, 1.54) is 0 Å². The number of rotatable bonds is 1. The van der Waals surface area contributed by atoms with Crippen molar-refractivity contribution in [3.05, 3.63) is 42.1 Å². The summed E-state index contributed by atoms with van der Waals surface area (Å²) in [6, 6.07) is 12.2. The quantitative estimate of drug-likeness (QED) is 0.659. The van der Waals surface area contributed by atoms with Gasteiger partial charge in [-0.3, -0.25) is 0 Å². The van der Waals surface area contributed by atoms with Gasteiger partial charge in [-0.1, -0.05) is 38.1 Å². The molecule has 0 saturated heterocycles. The first-order valence-electron chi connectivity index (χ1n) is 6.11. The van der Waals surface area contributed by atoms with Crippen LogP contribution in [0.3, 0.4) is 0 Å². The van der Waals surface area contributed by atoms with Gasteiger partial charge in [-0.2, -0.15) is 0 Å². The smallest absolute Gasteiger partial charge is 0.150 e. The number of para-hydroxylation sites is 1. The van der Waals surface area contributed by atoms with Crippen LogP contribution in [0.1, 0.15) is 25.5 Å². The van der Waals surface area contributed by atoms with Crippen LogP contribution in [0.5, 0.6) is 0 Å². The standard InChI is InChI=1S/C15H15N3/c1-9(2)12-8-7-11-10-5-3-4-6-13(10)18-15(16)14(11)17-12/h3-9H,1-2H3,(H2,16,18). The first-order chi connectivity index (χ1) is 8.66. The summed E-state index contributed by atoms with van der Waals surface area (Å²) in [4.78, 5) is 9.06. The second-order valence-electron chi connectivity index (χ2n) is 4.80. The van der Waals surface area contributed by atoms with Gasteiger partial charge < -0.3 is 5.73 Å². The molecule has 18 heavy (non-hydrogen) atoms. The minimum atomic E-state index is 0.389. The van der Waals surface area contributed by atoms with Gasteiger partial charge in [-0.25, -0.2) is 9.97 Å². The Kier molecular flexibility index (Phi) is 2.40. The van der Waals surface area contributed by atoms with E-state index in [0.717, 1.165) is 27.5 Å². The highest BCUT2D eigenvalue weighted by atomic mass is 14.9. The van der Waals surface area contributed by atoms with Crippen molar-refractivity contribution >= 4 is 27.6 Å². The molecule has 3 nitrogen and oxygen atoms in total. The van der Waals surface area contributed by atoms with Gasteiger partial charge in [0.2, 0.25) is 0 Å². The molecule has 0 unspecified atom stereocenters. The number of pyridine rings is 2. The molecule has 3 heteroatoms. The van der Waals surface area contributed by atoms with Gasteiger partial charge in [0.05, 0.1) is 5.52 Å². The zero-order valence-corrected chi connectivity index (χ0v) is 10.5. The fourth-order valence-electron chi connectivity index (χ4n) is 2.19. The van der Waals surface area contributed by atoms with Crippen LogP contribution in [0.4, 0.5) is 5.82 Å². The molecule has 0 aliphatic heterocycles. The third-order valence-electron chi connectivity index (χ3n) is 3.19. The molecular weight excluding hydrogens is 222 g/mol. The predicted octanol–water partition coefficient (Wildman–Crippen LogP) is 3.49. The summed E-state index contributed by atoms with van der Waals surface area (Å²) in [6.07, 6.45) is 0. The van der Waals surface area contributed by atoms with Gasteiger partial charge in [-0.05, 0) is 18.1 Å². The van der Waals surface area contributed by atoms with Crippen molar-refractivity contribution in [3.63, 3.8) is 0 Å². The molecule has 0 aliphatic carbocycles. The van der Waals surface area contributed by atoms with Crippen molar-refractivity contribution < 1.29 is 0 Å². The normalized spacial score (nSPS) is 11.5. The van der Waals surface area contributed by atoms with E-state index in [1.807, 2.05) is 18.2 Å². The van der Waals surface area contributed by atoms with E-state index in [0.29, 0.717) is 11.7 Å². The Morgan fingerprint density at radius 1 is 0.944 bits per heavy atom. The molecule has 3 aromatic rings. The van der Waals surface area contributed by atoms with Crippen molar-refractivity contribution in [1.29, 1.82) is 0 Å². The molecule has 0 spiro atoms. The molecule has 0 saturated carbocycles. The molecule has 90 valence electrons. The number of aromatic nitrogens is 2. The van der Waals surface area contributed by atoms with Crippen LogP contribution in [0.15, 0.2) is 36.4 Å². The maximum Gasteiger partial charge on any atom is 0.150 e. The summed E-state index contributed by atoms with van der Waals surface area (Å²) in [5.41, 5.74) is 8.79. The first-order valence-corrected chi connectivity index (χ1v) is 6.11. The Bertz CT molecular complexity index is 732. The van der Waals surface area contributed by atoms with Crippen LogP contribution >= 0.6 is 0 Å². The van der Waals surface area contributed by atoms with Gasteiger partial charge in [0.1, 0.15) is 5.52 Å². The molecule has 0 amide bonds. The average molecular weight is 237 g/mol. The lowest BCUT2D eigenvalue weighted by Gasteiger charge is -2.09. The van der Waals surface area contributed by atoms with Gasteiger partial charge in [-0.15, -0.1) is 0 Å². The molecule has 0 atom stereocenters. The largest absolute Gasteiger partial charge is 0.382 e. The Balaban J connectivity index is 2.44. The summed E-state index contributed by atoms with van der Waals surface area (Å²) in [7, 11) is 0. The molecule has 0 aliphatic rings. The van der Waals surface area contributed by atoms with Crippen LogP contribution in [0, 0.1) is 0 Å². The lowest BCUT2D eigenvalue weighted by Crippen LogP contribution is -1.99. The average Bonchev–Trinajstić information content (AvgIpc) is 2.38. The summed E-state index contributed by atoms with van der Waals surface area (Å²) in [5, 5.41) is 2.17. The van der Waals surface area contributed by atoms with Gasteiger partial charge in [0, 0.05) is 16.5 Å². The topological polar surface area (TPSA) is 51.8 Å². The van der Waals surface area contributed by atoms with Crippen molar-refractivity contribution in [3.8, 4) is 0 Å². The van der Waals surface area contributed by atoms with Crippen molar-refractivity contribution in [1.82, 2.24) is 9.97 Å². The zero-order chi connectivity index (χ0) is 12.7. The number of nitrogens with zero attached hydrogens (tertiary/aromatic N) is 2. The highest BCUT2D eigenvalue weighted by Gasteiger charge is 2.09. The molecule has 3 rings (SSSR count). The Labute approximate surface area is 106 Å². The summed E-state index contributed by atoms with van der Waals surface area (Å²) < 4.78 is 0. The fourth-order valence-corrected chi connectivity index (χ4v) is 2.19. The minimum Gasteiger partial charge on any atom is -0.382 e. The molecule has 1 aromatic carbocycles. The number of fused-ring (bicyclic) bond motifs is 3. The van der Waals surface area contributed by atoms with Gasteiger partial charge in [0.25, 0.3) is 0 Å². The third kappa shape index (κ3) is 1.59. The number of nitrogens with two attached hydrogens (primary N) is 1. The van der Waals surface area contributed by atoms with E-state index < -0.39 is 0 Å². The summed E-state index contributed by atoms with van der Waals surface area (Å²) in [5.74, 6) is 0.895. The fraction of sp³-hybridized carbons (Fsp3) is 0.200. The van der Waals surface area contributed by atoms with Crippen LogP contribution < -0.4 is 5.73 Å². The SMILES string of the molecule is CC(C)c1ccc2c(n1)c(N)nc1ccccc12. The molecular formula is C15H15N3. The maximum atomic E-state index is 6.02. The van der Waals surface area contributed by atoms with Crippen molar-refractivity contribution in [2.75, 3.05) is 5.73 Å². The van der Waals surface area contributed by atoms with Crippen LogP contribution in [-0.4, -0.2) is 9.97 Å². The van der Waals surface area contributed by atoms with Crippen LogP contribution in [-0.2, 0) is 0 Å². The molecule has 0 bridgehead atoms. The maximum absolute atomic E-state index is 6.02. The minimum absolute atomic E-state index is 0.389. The number of hydrogen-bond donors (Lipinski definition) is 1. The van der Waals surface area contributed by atoms with E-state index >= 15 is 0 Å². The molecule has 0 radical (unpaired) electrons. The van der Waals surface area contributed by atoms with E-state index in [9.17, 15) is 0 Å². The first kappa shape index (κ1) is 11.0. The molecule has 2 heterocycles. The number of hydrogen-bond acceptors (Lipinski definition) is 3. The molecule has 2 aromatic heterocycles. The molecule has 0 fully saturated rings. The van der Waals surface area contributed by atoms with Crippen molar-refractivity contribution in [2.24, 2.45) is 0 Å².